The van der Waals surface area contributed by atoms with Gasteiger partial charge in [-0.2, -0.15) is 0 Å². The van der Waals surface area contributed by atoms with E-state index in [9.17, 15) is 0 Å². The second-order valence-electron chi connectivity index (χ2n) is 9.14. The number of anilines is 3. The average Bonchev–Trinajstić information content (AvgIpc) is 2.94. The normalized spacial score (nSPS) is 10.9. The molecule has 172 valence electrons. The molecule has 6 aromatic rings. The zero-order chi connectivity index (χ0) is 24.3. The highest BCUT2D eigenvalue weighted by atomic mass is 15.1. The summed E-state index contributed by atoms with van der Waals surface area (Å²) in [4.78, 5) is 2.41. The number of hydrogen-bond acceptors (Lipinski definition) is 1. The van der Waals surface area contributed by atoms with E-state index in [0.717, 1.165) is 11.4 Å². The minimum Gasteiger partial charge on any atom is -0.309 e. The summed E-state index contributed by atoms with van der Waals surface area (Å²) in [5, 5.41) is 2.46. The van der Waals surface area contributed by atoms with E-state index in [1.165, 1.54) is 44.3 Å². The summed E-state index contributed by atoms with van der Waals surface area (Å²) in [6.45, 7) is 2.15. The van der Waals surface area contributed by atoms with Crippen LogP contribution in [0.2, 0.25) is 0 Å². The van der Waals surface area contributed by atoms with Gasteiger partial charge in [-0.25, -0.2) is 0 Å². The molecule has 0 atom stereocenters. The smallest absolute Gasteiger partial charge is 0.0540 e. The van der Waals surface area contributed by atoms with Crippen LogP contribution in [0.3, 0.4) is 0 Å². The van der Waals surface area contributed by atoms with Crippen molar-refractivity contribution in [2.45, 2.75) is 6.92 Å². The minimum absolute atomic E-state index is 1.13. The van der Waals surface area contributed by atoms with E-state index in [-0.39, 0.29) is 0 Å². The maximum Gasteiger partial charge on any atom is 0.0540 e. The minimum atomic E-state index is 1.13. The largest absolute Gasteiger partial charge is 0.309 e. The molecule has 0 unspecified atom stereocenters. The Balaban J connectivity index is 1.62. The molecule has 0 bridgehead atoms. The van der Waals surface area contributed by atoms with E-state index in [2.05, 4.69) is 157 Å². The molecular weight excluding hydrogens is 434 g/mol. The van der Waals surface area contributed by atoms with Gasteiger partial charge in [0.05, 0.1) is 11.4 Å². The third-order valence-electron chi connectivity index (χ3n) is 6.69. The number of nitrogens with zero attached hydrogens (tertiary/aromatic N) is 1. The van der Waals surface area contributed by atoms with Crippen molar-refractivity contribution < 1.29 is 0 Å². The molecule has 0 aliphatic carbocycles. The van der Waals surface area contributed by atoms with Gasteiger partial charge in [0.25, 0.3) is 0 Å². The van der Waals surface area contributed by atoms with Crippen LogP contribution in [0.15, 0.2) is 146 Å². The van der Waals surface area contributed by atoms with Gasteiger partial charge in [0.15, 0.2) is 0 Å². The second-order valence-corrected chi connectivity index (χ2v) is 9.14. The van der Waals surface area contributed by atoms with Crippen molar-refractivity contribution >= 4 is 27.8 Å². The fourth-order valence-corrected chi connectivity index (χ4v) is 4.99. The topological polar surface area (TPSA) is 3.24 Å². The first-order valence-corrected chi connectivity index (χ1v) is 12.4. The van der Waals surface area contributed by atoms with E-state index in [0.29, 0.717) is 0 Å². The Morgan fingerprint density at radius 1 is 0.444 bits per heavy atom. The summed E-state index contributed by atoms with van der Waals surface area (Å²) in [7, 11) is 0. The van der Waals surface area contributed by atoms with Crippen LogP contribution in [0.5, 0.6) is 0 Å². The highest BCUT2D eigenvalue weighted by molar-refractivity contribution is 6.01. The van der Waals surface area contributed by atoms with Gasteiger partial charge in [-0.3, -0.25) is 0 Å². The lowest BCUT2D eigenvalue weighted by molar-refractivity contribution is 1.30. The van der Waals surface area contributed by atoms with Gasteiger partial charge >= 0.3 is 0 Å². The molecule has 0 aliphatic rings. The monoisotopic (exact) mass is 461 g/mol. The molecule has 0 amide bonds. The molecule has 0 saturated heterocycles. The van der Waals surface area contributed by atoms with E-state index in [1.807, 2.05) is 0 Å². The predicted octanol–water partition coefficient (Wildman–Crippen LogP) is 9.95. The molecule has 0 N–H and O–H groups in total. The molecule has 1 heteroatoms. The van der Waals surface area contributed by atoms with E-state index in [4.69, 9.17) is 0 Å². The van der Waals surface area contributed by atoms with Gasteiger partial charge in [0.1, 0.15) is 0 Å². The van der Waals surface area contributed by atoms with Crippen LogP contribution in [-0.4, -0.2) is 0 Å². The Kier molecular flexibility index (Phi) is 5.81. The Labute approximate surface area is 212 Å². The number of fused-ring (bicyclic) bond motifs is 1. The van der Waals surface area contributed by atoms with Crippen molar-refractivity contribution in [3.63, 3.8) is 0 Å². The van der Waals surface area contributed by atoms with Crippen molar-refractivity contribution in [3.8, 4) is 22.3 Å². The molecule has 0 heterocycles. The van der Waals surface area contributed by atoms with Gasteiger partial charge in [-0.1, -0.05) is 127 Å². The first-order valence-electron chi connectivity index (χ1n) is 12.4. The first kappa shape index (κ1) is 21.9. The molecule has 0 radical (unpaired) electrons. The SMILES string of the molecule is Cc1cccc(-c2ccccc2N(c2cccc(-c3ccccc3)c2)c2cccc3ccccc23)c1. The van der Waals surface area contributed by atoms with Crippen LogP contribution in [0.25, 0.3) is 33.0 Å². The van der Waals surface area contributed by atoms with Crippen molar-refractivity contribution in [2.24, 2.45) is 0 Å². The zero-order valence-corrected chi connectivity index (χ0v) is 20.3. The lowest BCUT2D eigenvalue weighted by Crippen LogP contribution is -2.12. The molecule has 6 aromatic carbocycles. The zero-order valence-electron chi connectivity index (χ0n) is 20.3. The van der Waals surface area contributed by atoms with Gasteiger partial charge in [-0.05, 0) is 53.3 Å². The third kappa shape index (κ3) is 4.16. The molecular formula is C35H27N. The summed E-state index contributed by atoms with van der Waals surface area (Å²) < 4.78 is 0. The average molecular weight is 462 g/mol. The predicted molar refractivity (Wildman–Crippen MR) is 154 cm³/mol. The van der Waals surface area contributed by atoms with Gasteiger partial charge in [0.2, 0.25) is 0 Å². The maximum atomic E-state index is 2.41. The van der Waals surface area contributed by atoms with Crippen molar-refractivity contribution in [1.29, 1.82) is 0 Å². The first-order chi connectivity index (χ1) is 17.8. The third-order valence-corrected chi connectivity index (χ3v) is 6.69. The lowest BCUT2D eigenvalue weighted by Gasteiger charge is -2.29. The Morgan fingerprint density at radius 2 is 1.08 bits per heavy atom. The number of para-hydroxylation sites is 1. The summed E-state index contributed by atoms with van der Waals surface area (Å²) in [6, 6.07) is 52.1. The lowest BCUT2D eigenvalue weighted by atomic mass is 9.98. The van der Waals surface area contributed by atoms with Crippen molar-refractivity contribution in [3.05, 3.63) is 151 Å². The summed E-state index contributed by atoms with van der Waals surface area (Å²) >= 11 is 0. The quantitative estimate of drug-likeness (QED) is 0.247. The van der Waals surface area contributed by atoms with Crippen LogP contribution >= 0.6 is 0 Å². The van der Waals surface area contributed by atoms with Crippen LogP contribution < -0.4 is 4.90 Å². The van der Waals surface area contributed by atoms with E-state index < -0.39 is 0 Å². The van der Waals surface area contributed by atoms with E-state index >= 15 is 0 Å². The highest BCUT2D eigenvalue weighted by Gasteiger charge is 2.19. The molecule has 0 spiro atoms. The molecule has 1 nitrogen and oxygen atoms in total. The highest BCUT2D eigenvalue weighted by Crippen LogP contribution is 2.44. The Bertz CT molecular complexity index is 1640. The van der Waals surface area contributed by atoms with Gasteiger partial charge in [-0.15, -0.1) is 0 Å². The maximum absolute atomic E-state index is 2.41. The second kappa shape index (κ2) is 9.56. The summed E-state index contributed by atoms with van der Waals surface area (Å²) in [6.07, 6.45) is 0. The van der Waals surface area contributed by atoms with E-state index in [1.54, 1.807) is 0 Å². The molecule has 36 heavy (non-hydrogen) atoms. The summed E-state index contributed by atoms with van der Waals surface area (Å²) in [5.41, 5.74) is 9.55. The molecule has 0 aliphatic heterocycles. The number of rotatable bonds is 5. The van der Waals surface area contributed by atoms with Crippen LogP contribution in [0.1, 0.15) is 5.56 Å². The van der Waals surface area contributed by atoms with Crippen LogP contribution in [0.4, 0.5) is 17.1 Å². The molecule has 0 fully saturated rings. The number of aryl methyl sites for hydroxylation is 1. The fourth-order valence-electron chi connectivity index (χ4n) is 4.99. The van der Waals surface area contributed by atoms with Crippen molar-refractivity contribution in [2.75, 3.05) is 4.90 Å². The van der Waals surface area contributed by atoms with Crippen molar-refractivity contribution in [1.82, 2.24) is 0 Å². The molecule has 6 rings (SSSR count). The van der Waals surface area contributed by atoms with Gasteiger partial charge in [0, 0.05) is 16.6 Å². The number of benzene rings is 6. The van der Waals surface area contributed by atoms with Gasteiger partial charge < -0.3 is 4.90 Å². The fraction of sp³-hybridized carbons (Fsp3) is 0.0286. The molecule has 0 saturated carbocycles. The Hall–Kier alpha value is -4.62. The van der Waals surface area contributed by atoms with Crippen LogP contribution in [-0.2, 0) is 0 Å². The van der Waals surface area contributed by atoms with Crippen LogP contribution in [0, 0.1) is 6.92 Å². The summed E-state index contributed by atoms with van der Waals surface area (Å²) in [5.74, 6) is 0. The Morgan fingerprint density at radius 3 is 1.97 bits per heavy atom. The standard InChI is InChI=1S/C35H27N/c1-26-12-9-18-30(24-26)33-21-7-8-22-34(33)36(35-23-11-16-28-15-5-6-20-32(28)35)31-19-10-17-29(25-31)27-13-3-2-4-14-27/h2-25H,1H3. The molecule has 0 aromatic heterocycles. The number of hydrogen-bond donors (Lipinski definition) is 0.